The molecule has 1 atom stereocenters. The van der Waals surface area contributed by atoms with Crippen LogP contribution >= 0.6 is 0 Å². The summed E-state index contributed by atoms with van der Waals surface area (Å²) in [7, 11) is 0. The van der Waals surface area contributed by atoms with Crippen LogP contribution in [-0.4, -0.2) is 6.29 Å². The standard InChI is InChI=1S/C13H22O/c1-5-6-7-8-9-10-12(2)13(3,4)11-14/h5-6,9-12H,7-8H2,1-4H3. The molecule has 1 heteroatoms. The van der Waals surface area contributed by atoms with Gasteiger partial charge in [0, 0.05) is 5.41 Å². The summed E-state index contributed by atoms with van der Waals surface area (Å²) in [5, 5.41) is 0. The minimum atomic E-state index is -0.239. The Labute approximate surface area is 87.9 Å². The highest BCUT2D eigenvalue weighted by molar-refractivity contribution is 5.58. The highest BCUT2D eigenvalue weighted by Crippen LogP contribution is 2.24. The Morgan fingerprint density at radius 3 is 2.29 bits per heavy atom. The number of carbonyl (C=O) groups excluding carboxylic acids is 1. The average Bonchev–Trinajstić information content (AvgIpc) is 2.17. The first-order chi connectivity index (χ1) is 6.54. The second-order valence-electron chi connectivity index (χ2n) is 4.30. The van der Waals surface area contributed by atoms with Crippen molar-refractivity contribution in [1.29, 1.82) is 0 Å². The van der Waals surface area contributed by atoms with Crippen molar-refractivity contribution < 1.29 is 4.79 Å². The molecule has 0 fully saturated rings. The van der Waals surface area contributed by atoms with Gasteiger partial charge in [-0.1, -0.05) is 45.1 Å². The van der Waals surface area contributed by atoms with E-state index in [-0.39, 0.29) is 5.41 Å². The molecule has 0 heterocycles. The smallest absolute Gasteiger partial charge is 0.126 e. The van der Waals surface area contributed by atoms with Gasteiger partial charge in [0.25, 0.3) is 0 Å². The lowest BCUT2D eigenvalue weighted by atomic mass is 9.81. The van der Waals surface area contributed by atoms with E-state index in [0.29, 0.717) is 5.92 Å². The second-order valence-corrected chi connectivity index (χ2v) is 4.30. The molecule has 1 nitrogen and oxygen atoms in total. The molecular weight excluding hydrogens is 172 g/mol. The molecule has 0 saturated heterocycles. The first kappa shape index (κ1) is 13.2. The van der Waals surface area contributed by atoms with Crippen molar-refractivity contribution >= 4 is 6.29 Å². The fourth-order valence-electron chi connectivity index (χ4n) is 1.01. The number of allylic oxidation sites excluding steroid dienone is 4. The SMILES string of the molecule is CC=CCCC=CC(C)C(C)(C)C=O. The molecule has 0 saturated carbocycles. The summed E-state index contributed by atoms with van der Waals surface area (Å²) in [6.07, 6.45) is 11.7. The van der Waals surface area contributed by atoms with Crippen molar-refractivity contribution in [3.63, 3.8) is 0 Å². The number of unbranched alkanes of at least 4 members (excludes halogenated alkanes) is 1. The van der Waals surface area contributed by atoms with E-state index < -0.39 is 0 Å². The average molecular weight is 194 g/mol. The molecule has 0 aromatic carbocycles. The maximum atomic E-state index is 10.8. The fraction of sp³-hybridized carbons (Fsp3) is 0.615. The number of hydrogen-bond donors (Lipinski definition) is 0. The molecule has 0 amide bonds. The predicted octanol–water partition coefficient (Wildman–Crippen LogP) is 3.76. The summed E-state index contributed by atoms with van der Waals surface area (Å²) in [5.41, 5.74) is -0.239. The van der Waals surface area contributed by atoms with Gasteiger partial charge in [-0.05, 0) is 25.7 Å². The third-order valence-electron chi connectivity index (χ3n) is 2.64. The first-order valence-corrected chi connectivity index (χ1v) is 5.28. The summed E-state index contributed by atoms with van der Waals surface area (Å²) in [4.78, 5) is 10.8. The molecule has 1 unspecified atom stereocenters. The zero-order valence-electron chi connectivity index (χ0n) is 9.79. The van der Waals surface area contributed by atoms with Gasteiger partial charge in [-0.3, -0.25) is 0 Å². The summed E-state index contributed by atoms with van der Waals surface area (Å²) < 4.78 is 0. The molecule has 0 N–H and O–H groups in total. The normalized spacial score (nSPS) is 15.1. The van der Waals surface area contributed by atoms with Crippen LogP contribution in [0.25, 0.3) is 0 Å². The lowest BCUT2D eigenvalue weighted by molar-refractivity contribution is -0.116. The number of carbonyl (C=O) groups is 1. The molecule has 0 aliphatic rings. The second kappa shape index (κ2) is 6.58. The van der Waals surface area contributed by atoms with Crippen LogP contribution < -0.4 is 0 Å². The van der Waals surface area contributed by atoms with Crippen LogP contribution in [0.5, 0.6) is 0 Å². The maximum Gasteiger partial charge on any atom is 0.126 e. The summed E-state index contributed by atoms with van der Waals surface area (Å²) in [6, 6.07) is 0. The molecular formula is C13H22O. The summed E-state index contributed by atoms with van der Waals surface area (Å²) >= 11 is 0. The van der Waals surface area contributed by atoms with Crippen molar-refractivity contribution in [2.45, 2.75) is 40.5 Å². The van der Waals surface area contributed by atoms with Gasteiger partial charge in [-0.25, -0.2) is 0 Å². The van der Waals surface area contributed by atoms with E-state index in [0.717, 1.165) is 19.1 Å². The Balaban J connectivity index is 3.93. The van der Waals surface area contributed by atoms with Crippen LogP contribution in [0.15, 0.2) is 24.3 Å². The molecule has 14 heavy (non-hydrogen) atoms. The Hall–Kier alpha value is -0.850. The number of aldehydes is 1. The van der Waals surface area contributed by atoms with E-state index in [1.165, 1.54) is 0 Å². The largest absolute Gasteiger partial charge is 0.303 e. The molecule has 0 spiro atoms. The van der Waals surface area contributed by atoms with Crippen LogP contribution in [0.1, 0.15) is 40.5 Å². The molecule has 0 aliphatic heterocycles. The van der Waals surface area contributed by atoms with Crippen molar-refractivity contribution in [2.24, 2.45) is 11.3 Å². The third kappa shape index (κ3) is 5.00. The lowest BCUT2D eigenvalue weighted by Gasteiger charge is -2.22. The van der Waals surface area contributed by atoms with E-state index in [1.54, 1.807) is 0 Å². The Morgan fingerprint density at radius 1 is 1.21 bits per heavy atom. The monoisotopic (exact) mass is 194 g/mol. The van der Waals surface area contributed by atoms with Gasteiger partial charge < -0.3 is 4.79 Å². The summed E-state index contributed by atoms with van der Waals surface area (Å²) in [5.74, 6) is 0.311. The molecule has 0 aliphatic carbocycles. The van der Waals surface area contributed by atoms with E-state index >= 15 is 0 Å². The van der Waals surface area contributed by atoms with Crippen LogP contribution in [0.2, 0.25) is 0 Å². The van der Waals surface area contributed by atoms with Gasteiger partial charge in [0.05, 0.1) is 0 Å². The van der Waals surface area contributed by atoms with Gasteiger partial charge in [-0.2, -0.15) is 0 Å². The zero-order valence-corrected chi connectivity index (χ0v) is 9.79. The van der Waals surface area contributed by atoms with Gasteiger partial charge in [0.1, 0.15) is 6.29 Å². The topological polar surface area (TPSA) is 17.1 Å². The van der Waals surface area contributed by atoms with Crippen molar-refractivity contribution in [3.8, 4) is 0 Å². The van der Waals surface area contributed by atoms with Crippen molar-refractivity contribution in [2.75, 3.05) is 0 Å². The van der Waals surface area contributed by atoms with Gasteiger partial charge in [-0.15, -0.1) is 0 Å². The summed E-state index contributed by atoms with van der Waals surface area (Å²) in [6.45, 7) is 8.06. The molecule has 0 bridgehead atoms. The van der Waals surface area contributed by atoms with Gasteiger partial charge in [0.15, 0.2) is 0 Å². The van der Waals surface area contributed by atoms with Crippen LogP contribution in [-0.2, 0) is 4.79 Å². The van der Waals surface area contributed by atoms with Crippen molar-refractivity contribution in [3.05, 3.63) is 24.3 Å². The molecule has 0 radical (unpaired) electrons. The predicted molar refractivity (Wildman–Crippen MR) is 62.2 cm³/mol. The Morgan fingerprint density at radius 2 is 1.79 bits per heavy atom. The molecule has 0 aromatic heterocycles. The quantitative estimate of drug-likeness (QED) is 0.357. The van der Waals surface area contributed by atoms with Crippen LogP contribution in [0, 0.1) is 11.3 Å². The van der Waals surface area contributed by atoms with Crippen molar-refractivity contribution in [1.82, 2.24) is 0 Å². The Bertz CT molecular complexity index is 211. The van der Waals surface area contributed by atoms with E-state index in [2.05, 4.69) is 31.2 Å². The van der Waals surface area contributed by atoms with Crippen LogP contribution in [0.4, 0.5) is 0 Å². The van der Waals surface area contributed by atoms with E-state index in [4.69, 9.17) is 0 Å². The zero-order chi connectivity index (χ0) is 11.0. The third-order valence-corrected chi connectivity index (χ3v) is 2.64. The molecule has 0 rings (SSSR count). The minimum Gasteiger partial charge on any atom is -0.303 e. The van der Waals surface area contributed by atoms with E-state index in [1.807, 2.05) is 20.8 Å². The minimum absolute atomic E-state index is 0.239. The first-order valence-electron chi connectivity index (χ1n) is 5.28. The molecule has 80 valence electrons. The number of hydrogen-bond acceptors (Lipinski definition) is 1. The van der Waals surface area contributed by atoms with E-state index in [9.17, 15) is 4.79 Å². The lowest BCUT2D eigenvalue weighted by Crippen LogP contribution is -2.21. The Kier molecular flexibility index (Phi) is 6.18. The molecule has 0 aromatic rings. The van der Waals surface area contributed by atoms with Crippen LogP contribution in [0.3, 0.4) is 0 Å². The number of rotatable bonds is 6. The highest BCUT2D eigenvalue weighted by atomic mass is 16.1. The maximum absolute atomic E-state index is 10.8. The van der Waals surface area contributed by atoms with Gasteiger partial charge in [0.2, 0.25) is 0 Å². The van der Waals surface area contributed by atoms with Gasteiger partial charge >= 0.3 is 0 Å². The fourth-order valence-corrected chi connectivity index (χ4v) is 1.01. The highest BCUT2D eigenvalue weighted by Gasteiger charge is 2.22.